The topological polar surface area (TPSA) is 101 Å². The molecule has 11 heteroatoms. The lowest BCUT2D eigenvalue weighted by molar-refractivity contribution is -0.387. The van der Waals surface area contributed by atoms with E-state index in [2.05, 4.69) is 0 Å². The summed E-state index contributed by atoms with van der Waals surface area (Å²) in [5.41, 5.74) is 0.655. The van der Waals surface area contributed by atoms with E-state index in [-0.39, 0.29) is 28.8 Å². The van der Waals surface area contributed by atoms with Crippen LogP contribution in [-0.2, 0) is 11.3 Å². The minimum absolute atomic E-state index is 0.102. The van der Waals surface area contributed by atoms with Crippen LogP contribution in [0.3, 0.4) is 0 Å². The Kier molecular flexibility index (Phi) is 7.14. The van der Waals surface area contributed by atoms with E-state index in [1.54, 1.807) is 6.07 Å². The number of nitro benzene ring substituents is 1. The number of thioether (sulfide) groups is 2. The maximum Gasteiger partial charge on any atom is 0.293 e. The Bertz CT molecular complexity index is 1060. The van der Waals surface area contributed by atoms with E-state index >= 15 is 0 Å². The molecular weight excluding hydrogens is 455 g/mol. The van der Waals surface area contributed by atoms with E-state index in [9.17, 15) is 24.1 Å². The van der Waals surface area contributed by atoms with Gasteiger partial charge in [0.05, 0.1) is 27.9 Å². The van der Waals surface area contributed by atoms with Crippen LogP contribution in [0.15, 0.2) is 46.2 Å². The van der Waals surface area contributed by atoms with Crippen molar-refractivity contribution < 1.29 is 24.0 Å². The highest BCUT2D eigenvalue weighted by molar-refractivity contribution is 8.18. The lowest BCUT2D eigenvalue weighted by Gasteiger charge is -2.13. The average molecular weight is 469 g/mol. The fraction of sp³-hybridized carbons (Fsp3) is 0.158. The Balaban J connectivity index is 1.84. The van der Waals surface area contributed by atoms with Gasteiger partial charge in [0.15, 0.2) is 0 Å². The smallest absolute Gasteiger partial charge is 0.293 e. The summed E-state index contributed by atoms with van der Waals surface area (Å²) < 4.78 is 13.2. The molecule has 1 heterocycles. The van der Waals surface area contributed by atoms with Crippen molar-refractivity contribution in [2.75, 3.05) is 12.4 Å². The summed E-state index contributed by atoms with van der Waals surface area (Å²) in [5, 5.41) is 19.8. The Morgan fingerprint density at radius 3 is 2.70 bits per heavy atom. The molecule has 3 rings (SSSR count). The molecule has 0 radical (unpaired) electrons. The van der Waals surface area contributed by atoms with Crippen molar-refractivity contribution in [3.05, 3.63) is 73.4 Å². The lowest BCUT2D eigenvalue weighted by Crippen LogP contribution is -2.27. The molecule has 0 bridgehead atoms. The summed E-state index contributed by atoms with van der Waals surface area (Å²) in [5.74, 6) is -0.780. The normalized spacial score (nSPS) is 15.3. The second kappa shape index (κ2) is 9.61. The largest absolute Gasteiger partial charge is 0.396 e. The van der Waals surface area contributed by atoms with Gasteiger partial charge < -0.3 is 5.11 Å². The average Bonchev–Trinajstić information content (AvgIpc) is 2.96. The van der Waals surface area contributed by atoms with Gasteiger partial charge in [-0.3, -0.25) is 24.6 Å². The quantitative estimate of drug-likeness (QED) is 0.272. The number of rotatable bonds is 7. The Morgan fingerprint density at radius 1 is 1.27 bits per heavy atom. The molecule has 0 atom stereocenters. The van der Waals surface area contributed by atoms with Crippen molar-refractivity contribution >= 4 is 58.0 Å². The molecule has 30 heavy (non-hydrogen) atoms. The first kappa shape index (κ1) is 22.3. The Labute approximate surface area is 184 Å². The van der Waals surface area contributed by atoms with Crippen LogP contribution in [0.5, 0.6) is 0 Å². The summed E-state index contributed by atoms with van der Waals surface area (Å²) in [6, 6.07) is 8.12. The first-order valence-electron chi connectivity index (χ1n) is 8.51. The first-order valence-corrected chi connectivity index (χ1v) is 10.7. The van der Waals surface area contributed by atoms with Gasteiger partial charge in [-0.05, 0) is 47.2 Å². The second-order valence-corrected chi connectivity index (χ2v) is 8.60. The molecule has 0 unspecified atom stereocenters. The SMILES string of the molecule is O=C1S/C(=C\c2ccc(SCCO)c([N+](=O)[O-])c2)C(=O)N1Cc1ccc(F)cc1Cl. The van der Waals surface area contributed by atoms with Crippen molar-refractivity contribution in [3.8, 4) is 0 Å². The molecule has 0 spiro atoms. The molecule has 1 aliphatic rings. The fourth-order valence-corrected chi connectivity index (χ4v) is 4.47. The van der Waals surface area contributed by atoms with Crippen LogP contribution in [0.1, 0.15) is 11.1 Å². The van der Waals surface area contributed by atoms with Crippen molar-refractivity contribution in [1.29, 1.82) is 0 Å². The molecule has 1 aliphatic heterocycles. The zero-order valence-corrected chi connectivity index (χ0v) is 17.6. The van der Waals surface area contributed by atoms with Gasteiger partial charge >= 0.3 is 0 Å². The van der Waals surface area contributed by atoms with Crippen LogP contribution in [0.2, 0.25) is 5.02 Å². The van der Waals surface area contributed by atoms with E-state index in [1.165, 1.54) is 30.3 Å². The van der Waals surface area contributed by atoms with Gasteiger partial charge in [0, 0.05) is 16.8 Å². The van der Waals surface area contributed by atoms with Gasteiger partial charge in [-0.25, -0.2) is 4.39 Å². The summed E-state index contributed by atoms with van der Waals surface area (Å²) in [4.78, 5) is 37.2. The predicted molar refractivity (Wildman–Crippen MR) is 114 cm³/mol. The number of nitro groups is 1. The number of amides is 2. The second-order valence-electron chi connectivity index (χ2n) is 6.06. The first-order chi connectivity index (χ1) is 14.3. The van der Waals surface area contributed by atoms with Gasteiger partial charge in [-0.1, -0.05) is 23.7 Å². The van der Waals surface area contributed by atoms with E-state index in [0.717, 1.165) is 22.7 Å². The number of aliphatic hydroxyl groups excluding tert-OH is 1. The Morgan fingerprint density at radius 2 is 2.03 bits per heavy atom. The van der Waals surface area contributed by atoms with Crippen LogP contribution >= 0.6 is 35.1 Å². The highest BCUT2D eigenvalue weighted by Gasteiger charge is 2.35. The zero-order valence-electron chi connectivity index (χ0n) is 15.2. The van der Waals surface area contributed by atoms with Crippen LogP contribution in [-0.4, -0.2) is 38.4 Å². The maximum absolute atomic E-state index is 13.2. The number of aliphatic hydroxyl groups is 1. The standard InChI is InChI=1S/C19H14ClFN2O5S2/c20-14-9-13(21)3-2-12(14)10-22-18(25)17(30-19(22)26)8-11-1-4-16(29-6-5-24)15(7-11)23(27)28/h1-4,7-9,24H,5-6,10H2/b17-8-. The molecule has 0 aliphatic carbocycles. The third-order valence-corrected chi connectivity index (χ3v) is 6.35. The van der Waals surface area contributed by atoms with Gasteiger partial charge in [-0.15, -0.1) is 11.8 Å². The molecule has 2 aromatic carbocycles. The third-order valence-electron chi connectivity index (χ3n) is 4.04. The minimum atomic E-state index is -0.563. The predicted octanol–water partition coefficient (Wildman–Crippen LogP) is 4.71. The molecule has 2 amide bonds. The summed E-state index contributed by atoms with van der Waals surface area (Å²) >= 11 is 7.83. The number of halogens is 2. The number of carbonyl (C=O) groups excluding carboxylic acids is 2. The van der Waals surface area contributed by atoms with E-state index in [4.69, 9.17) is 16.7 Å². The lowest BCUT2D eigenvalue weighted by atomic mass is 10.1. The van der Waals surface area contributed by atoms with Gasteiger partial charge in [0.1, 0.15) is 5.82 Å². The van der Waals surface area contributed by atoms with Crippen molar-refractivity contribution in [2.24, 2.45) is 0 Å². The number of carbonyl (C=O) groups is 2. The number of benzene rings is 2. The molecule has 1 fully saturated rings. The molecule has 7 nitrogen and oxygen atoms in total. The maximum atomic E-state index is 13.2. The third kappa shape index (κ3) is 5.01. The van der Waals surface area contributed by atoms with Crippen LogP contribution in [0.4, 0.5) is 14.9 Å². The Hall–Kier alpha value is -2.40. The van der Waals surface area contributed by atoms with Crippen molar-refractivity contribution in [3.63, 3.8) is 0 Å². The molecule has 2 aromatic rings. The van der Waals surface area contributed by atoms with Gasteiger partial charge in [-0.2, -0.15) is 0 Å². The molecule has 1 N–H and O–H groups in total. The summed E-state index contributed by atoms with van der Waals surface area (Å²) in [7, 11) is 0. The molecule has 0 aromatic heterocycles. The number of hydrogen-bond donors (Lipinski definition) is 1. The molecule has 1 saturated heterocycles. The fourth-order valence-electron chi connectivity index (χ4n) is 2.65. The summed E-state index contributed by atoms with van der Waals surface area (Å²) in [6.07, 6.45) is 1.41. The minimum Gasteiger partial charge on any atom is -0.396 e. The van der Waals surface area contributed by atoms with E-state index < -0.39 is 21.9 Å². The van der Waals surface area contributed by atoms with Gasteiger partial charge in [0.2, 0.25) is 0 Å². The van der Waals surface area contributed by atoms with E-state index in [0.29, 0.717) is 33.5 Å². The zero-order chi connectivity index (χ0) is 21.8. The van der Waals surface area contributed by atoms with Crippen molar-refractivity contribution in [2.45, 2.75) is 11.4 Å². The van der Waals surface area contributed by atoms with E-state index in [1.807, 2.05) is 0 Å². The highest BCUT2D eigenvalue weighted by atomic mass is 35.5. The number of hydrogen-bond acceptors (Lipinski definition) is 7. The molecular formula is C19H14ClFN2O5S2. The number of nitrogens with zero attached hydrogens (tertiary/aromatic N) is 2. The van der Waals surface area contributed by atoms with Crippen LogP contribution < -0.4 is 0 Å². The van der Waals surface area contributed by atoms with Crippen LogP contribution in [0.25, 0.3) is 6.08 Å². The number of imide groups is 1. The summed E-state index contributed by atoms with van der Waals surface area (Å²) in [6.45, 7) is -0.229. The van der Waals surface area contributed by atoms with Crippen molar-refractivity contribution in [1.82, 2.24) is 4.90 Å². The van der Waals surface area contributed by atoms with Crippen LogP contribution in [0, 0.1) is 15.9 Å². The van der Waals surface area contributed by atoms with Gasteiger partial charge in [0.25, 0.3) is 16.8 Å². The molecule has 156 valence electrons. The highest BCUT2D eigenvalue weighted by Crippen LogP contribution is 2.36. The molecule has 0 saturated carbocycles. The monoisotopic (exact) mass is 468 g/mol.